The lowest BCUT2D eigenvalue weighted by Crippen LogP contribution is -2.30. The minimum Gasteiger partial charge on any atom is -0.453 e. The molecule has 0 saturated carbocycles. The Labute approximate surface area is 163 Å². The number of esters is 1. The molecule has 0 aromatic heterocycles. The molecule has 0 heterocycles. The van der Waals surface area contributed by atoms with E-state index in [-0.39, 0.29) is 24.1 Å². The first kappa shape index (κ1) is 22.1. The van der Waals surface area contributed by atoms with Gasteiger partial charge >= 0.3 is 12.1 Å². The monoisotopic (exact) mass is 411 g/mol. The zero-order valence-electron chi connectivity index (χ0n) is 15.3. The van der Waals surface area contributed by atoms with Crippen LogP contribution in [0.2, 0.25) is 0 Å². The molecule has 0 fully saturated rings. The van der Waals surface area contributed by atoms with Crippen LogP contribution in [0.5, 0.6) is 0 Å². The maximum Gasteiger partial charge on any atom is 0.416 e. The predicted octanol–water partition coefficient (Wildman–Crippen LogP) is 4.38. The van der Waals surface area contributed by atoms with Gasteiger partial charge in [-0.2, -0.15) is 13.2 Å². The SMILES string of the molecule is C[C@H](OC(=O)CCC(=O)c1ccc(F)cc1)C(=O)Nc1cccc(C(F)(F)F)c1. The zero-order chi connectivity index (χ0) is 21.6. The normalized spacial score (nSPS) is 12.2. The van der Waals surface area contributed by atoms with Gasteiger partial charge in [0, 0.05) is 17.7 Å². The van der Waals surface area contributed by atoms with Crippen LogP contribution < -0.4 is 5.32 Å². The lowest BCUT2D eigenvalue weighted by atomic mass is 10.1. The van der Waals surface area contributed by atoms with Crippen LogP contribution in [-0.2, 0) is 20.5 Å². The summed E-state index contributed by atoms with van der Waals surface area (Å²) in [7, 11) is 0. The zero-order valence-corrected chi connectivity index (χ0v) is 15.3. The lowest BCUT2D eigenvalue weighted by Gasteiger charge is -2.14. The quantitative estimate of drug-likeness (QED) is 0.417. The van der Waals surface area contributed by atoms with Crippen LogP contribution in [0.25, 0.3) is 0 Å². The Morgan fingerprint density at radius 3 is 2.31 bits per heavy atom. The van der Waals surface area contributed by atoms with Gasteiger partial charge in [-0.15, -0.1) is 0 Å². The maximum atomic E-state index is 12.8. The van der Waals surface area contributed by atoms with Crippen LogP contribution in [-0.4, -0.2) is 23.8 Å². The number of carbonyl (C=O) groups excluding carboxylic acids is 3. The molecule has 0 aliphatic heterocycles. The molecule has 0 radical (unpaired) electrons. The van der Waals surface area contributed by atoms with Crippen LogP contribution in [0, 0.1) is 5.82 Å². The summed E-state index contributed by atoms with van der Waals surface area (Å²) in [6, 6.07) is 8.82. The fraction of sp³-hybridized carbons (Fsp3) is 0.250. The third-order valence-electron chi connectivity index (χ3n) is 3.86. The highest BCUT2D eigenvalue weighted by Crippen LogP contribution is 2.30. The molecular formula is C20H17F4NO4. The maximum absolute atomic E-state index is 12.8. The summed E-state index contributed by atoms with van der Waals surface area (Å²) >= 11 is 0. The van der Waals surface area contributed by atoms with Gasteiger partial charge in [0.05, 0.1) is 12.0 Å². The number of anilines is 1. The fourth-order valence-electron chi connectivity index (χ4n) is 2.32. The van der Waals surface area contributed by atoms with Crippen LogP contribution in [0.15, 0.2) is 48.5 Å². The van der Waals surface area contributed by atoms with Gasteiger partial charge in [0.25, 0.3) is 5.91 Å². The molecular weight excluding hydrogens is 394 g/mol. The minimum atomic E-state index is -4.56. The molecule has 0 saturated heterocycles. The summed E-state index contributed by atoms with van der Waals surface area (Å²) in [5.74, 6) is -2.54. The molecule has 1 N–H and O–H groups in total. The molecule has 1 atom stereocenters. The molecule has 2 rings (SSSR count). The van der Waals surface area contributed by atoms with Crippen molar-refractivity contribution in [2.45, 2.75) is 32.0 Å². The molecule has 0 unspecified atom stereocenters. The number of alkyl halides is 3. The van der Waals surface area contributed by atoms with Crippen LogP contribution in [0.4, 0.5) is 23.2 Å². The molecule has 0 aliphatic rings. The van der Waals surface area contributed by atoms with Crippen LogP contribution in [0.1, 0.15) is 35.7 Å². The van der Waals surface area contributed by atoms with E-state index >= 15 is 0 Å². The first-order chi connectivity index (χ1) is 13.6. The Bertz CT molecular complexity index is 894. The highest BCUT2D eigenvalue weighted by molar-refractivity contribution is 5.98. The second kappa shape index (κ2) is 9.31. The number of carbonyl (C=O) groups is 3. The van der Waals surface area contributed by atoms with E-state index in [0.717, 1.165) is 30.3 Å². The standard InChI is InChI=1S/C20H17F4NO4/c1-12(19(28)25-16-4-2-3-14(11-16)20(22,23)24)29-18(27)10-9-17(26)13-5-7-15(21)8-6-13/h2-8,11-12H,9-10H2,1H3,(H,25,28)/t12-/m0/s1. The third kappa shape index (κ3) is 6.70. The van der Waals surface area contributed by atoms with E-state index in [1.165, 1.54) is 25.1 Å². The van der Waals surface area contributed by atoms with Gasteiger partial charge in [-0.25, -0.2) is 4.39 Å². The van der Waals surface area contributed by atoms with E-state index in [2.05, 4.69) is 5.32 Å². The molecule has 0 spiro atoms. The highest BCUT2D eigenvalue weighted by atomic mass is 19.4. The van der Waals surface area contributed by atoms with Gasteiger partial charge in [0.1, 0.15) is 5.82 Å². The van der Waals surface area contributed by atoms with Crippen molar-refractivity contribution in [2.24, 2.45) is 0 Å². The van der Waals surface area contributed by atoms with E-state index in [4.69, 9.17) is 4.74 Å². The van der Waals surface area contributed by atoms with Crippen molar-refractivity contribution in [3.63, 3.8) is 0 Å². The number of hydrogen-bond donors (Lipinski definition) is 1. The number of hydrogen-bond acceptors (Lipinski definition) is 4. The lowest BCUT2D eigenvalue weighted by molar-refractivity contribution is -0.153. The van der Waals surface area contributed by atoms with Gasteiger partial charge in [-0.1, -0.05) is 6.07 Å². The Hall–Kier alpha value is -3.23. The van der Waals surface area contributed by atoms with E-state index < -0.39 is 41.3 Å². The van der Waals surface area contributed by atoms with Crippen molar-refractivity contribution in [3.8, 4) is 0 Å². The number of nitrogens with one attached hydrogen (secondary N) is 1. The molecule has 29 heavy (non-hydrogen) atoms. The summed E-state index contributed by atoms with van der Waals surface area (Å²) in [5.41, 5.74) is -0.798. The molecule has 0 bridgehead atoms. The number of ether oxygens (including phenoxy) is 1. The van der Waals surface area contributed by atoms with Crippen molar-refractivity contribution < 1.29 is 36.7 Å². The average Bonchev–Trinajstić information content (AvgIpc) is 2.66. The fourth-order valence-corrected chi connectivity index (χ4v) is 2.32. The number of Topliss-reactive ketones (excluding diaryl/α,β-unsaturated/α-hetero) is 1. The first-order valence-electron chi connectivity index (χ1n) is 8.52. The largest absolute Gasteiger partial charge is 0.453 e. The van der Waals surface area contributed by atoms with E-state index in [0.29, 0.717) is 0 Å². The first-order valence-corrected chi connectivity index (χ1v) is 8.52. The van der Waals surface area contributed by atoms with Crippen molar-refractivity contribution in [3.05, 3.63) is 65.5 Å². The Kier molecular flexibility index (Phi) is 7.08. The molecule has 0 aliphatic carbocycles. The molecule has 2 aromatic carbocycles. The number of rotatable bonds is 7. The number of amides is 1. The molecule has 2 aromatic rings. The third-order valence-corrected chi connectivity index (χ3v) is 3.86. The minimum absolute atomic E-state index is 0.0980. The Morgan fingerprint density at radius 2 is 1.69 bits per heavy atom. The van der Waals surface area contributed by atoms with Crippen LogP contribution >= 0.6 is 0 Å². The van der Waals surface area contributed by atoms with Crippen molar-refractivity contribution in [1.29, 1.82) is 0 Å². The van der Waals surface area contributed by atoms with Crippen molar-refractivity contribution >= 4 is 23.3 Å². The Balaban J connectivity index is 1.85. The molecule has 154 valence electrons. The summed E-state index contributed by atoms with van der Waals surface area (Å²) in [6.45, 7) is 1.25. The van der Waals surface area contributed by atoms with Crippen molar-refractivity contribution in [2.75, 3.05) is 5.32 Å². The van der Waals surface area contributed by atoms with Gasteiger partial charge < -0.3 is 10.1 Å². The van der Waals surface area contributed by atoms with Crippen LogP contribution in [0.3, 0.4) is 0 Å². The molecule has 1 amide bonds. The summed E-state index contributed by atoms with van der Waals surface area (Å²) in [4.78, 5) is 35.8. The number of benzene rings is 2. The second-order valence-electron chi connectivity index (χ2n) is 6.13. The van der Waals surface area contributed by atoms with E-state index in [1.807, 2.05) is 0 Å². The van der Waals surface area contributed by atoms with Gasteiger partial charge in [0.2, 0.25) is 0 Å². The average molecular weight is 411 g/mol. The van der Waals surface area contributed by atoms with E-state index in [1.54, 1.807) is 0 Å². The highest BCUT2D eigenvalue weighted by Gasteiger charge is 2.30. The molecule has 5 nitrogen and oxygen atoms in total. The number of ketones is 1. The van der Waals surface area contributed by atoms with Gasteiger partial charge in [-0.3, -0.25) is 14.4 Å². The second-order valence-corrected chi connectivity index (χ2v) is 6.13. The van der Waals surface area contributed by atoms with Gasteiger partial charge in [0.15, 0.2) is 11.9 Å². The smallest absolute Gasteiger partial charge is 0.416 e. The van der Waals surface area contributed by atoms with Gasteiger partial charge in [-0.05, 0) is 49.4 Å². The summed E-state index contributed by atoms with van der Waals surface area (Å²) < 4.78 is 55.8. The Morgan fingerprint density at radius 1 is 1.03 bits per heavy atom. The summed E-state index contributed by atoms with van der Waals surface area (Å²) in [6.07, 6.45) is -6.35. The predicted molar refractivity (Wildman–Crippen MR) is 95.6 cm³/mol. The topological polar surface area (TPSA) is 72.5 Å². The summed E-state index contributed by atoms with van der Waals surface area (Å²) in [5, 5.41) is 2.24. The number of halogens is 4. The van der Waals surface area contributed by atoms with Crippen molar-refractivity contribution in [1.82, 2.24) is 0 Å². The molecule has 9 heteroatoms. The van der Waals surface area contributed by atoms with E-state index in [9.17, 15) is 31.9 Å².